The molecule has 0 N–H and O–H groups in total. The quantitative estimate of drug-likeness (QED) is 0.637. The molecule has 0 unspecified atom stereocenters. The van der Waals surface area contributed by atoms with Gasteiger partial charge in [-0.1, -0.05) is 20.3 Å². The van der Waals surface area contributed by atoms with Crippen LogP contribution in [-0.2, 0) is 37.5 Å². The minimum absolute atomic E-state index is 0. The number of carbonyl (C=O) groups is 1. The second kappa shape index (κ2) is 8.64. The van der Waals surface area contributed by atoms with Crippen molar-refractivity contribution in [3.05, 3.63) is 6.42 Å². The minimum atomic E-state index is 0. The molecule has 0 aliphatic rings. The zero-order valence-electron chi connectivity index (χ0n) is 6.18. The molecule has 0 aliphatic heterocycles. The van der Waals surface area contributed by atoms with E-state index in [4.69, 9.17) is 0 Å². The molecule has 1 radical (unpaired) electrons. The van der Waals surface area contributed by atoms with Crippen molar-refractivity contribution >= 4 is 5.78 Å². The van der Waals surface area contributed by atoms with Gasteiger partial charge in [-0.05, 0) is 12.2 Å². The number of hydrogen-bond acceptors (Lipinski definition) is 1. The Hall–Kier alpha value is 0.644. The maximum Gasteiger partial charge on any atom is 0 e. The maximum atomic E-state index is 10.5. The van der Waals surface area contributed by atoms with Crippen molar-refractivity contribution in [3.8, 4) is 0 Å². The Morgan fingerprint density at radius 1 is 1.44 bits per heavy atom. The molecule has 0 aromatic rings. The van der Waals surface area contributed by atoms with Crippen molar-refractivity contribution in [3.63, 3.8) is 0 Å². The molecular formula is C7H13OY-. The van der Waals surface area contributed by atoms with Crippen LogP contribution in [0, 0.1) is 6.42 Å². The van der Waals surface area contributed by atoms with Crippen molar-refractivity contribution in [2.24, 2.45) is 0 Å². The van der Waals surface area contributed by atoms with E-state index in [0.717, 1.165) is 12.8 Å². The summed E-state index contributed by atoms with van der Waals surface area (Å²) >= 11 is 0. The molecule has 0 spiro atoms. The molecule has 0 aliphatic carbocycles. The first-order chi connectivity index (χ1) is 3.81. The van der Waals surface area contributed by atoms with E-state index < -0.39 is 0 Å². The number of ketones is 1. The normalized spacial score (nSPS) is 7.78. The number of Topliss-reactive ketones (excluding diaryl/α,β-unsaturated/α-hetero) is 1. The van der Waals surface area contributed by atoms with E-state index in [1.807, 2.05) is 6.92 Å². The molecule has 0 bridgehead atoms. The number of unbranched alkanes of at least 4 members (excludes halogenated alkanes) is 1. The fourth-order valence-electron chi connectivity index (χ4n) is 0.450. The van der Waals surface area contributed by atoms with Gasteiger partial charge >= 0.3 is 0 Å². The number of hydrogen-bond donors (Lipinski definition) is 0. The van der Waals surface area contributed by atoms with Gasteiger partial charge in [0.2, 0.25) is 0 Å². The van der Waals surface area contributed by atoms with E-state index in [-0.39, 0.29) is 38.5 Å². The van der Waals surface area contributed by atoms with Gasteiger partial charge in [-0.2, -0.15) is 6.42 Å². The second-order valence-electron chi connectivity index (χ2n) is 1.81. The van der Waals surface area contributed by atoms with Crippen LogP contribution in [0.4, 0.5) is 0 Å². The average Bonchev–Trinajstić information content (AvgIpc) is 1.83. The molecule has 0 aromatic carbocycles. The van der Waals surface area contributed by atoms with E-state index in [9.17, 15) is 4.79 Å². The molecular weight excluding hydrogens is 189 g/mol. The summed E-state index contributed by atoms with van der Waals surface area (Å²) in [5.74, 6) is 0.270. The first kappa shape index (κ1) is 12.3. The van der Waals surface area contributed by atoms with Crippen LogP contribution < -0.4 is 0 Å². The molecule has 51 valence electrons. The molecule has 0 rings (SSSR count). The third-order valence-corrected chi connectivity index (χ3v) is 1.01. The summed E-state index contributed by atoms with van der Waals surface area (Å²) in [4.78, 5) is 10.5. The molecule has 1 nitrogen and oxygen atoms in total. The van der Waals surface area contributed by atoms with Gasteiger partial charge in [0, 0.05) is 32.7 Å². The molecule has 2 heteroatoms. The molecule has 0 heterocycles. The van der Waals surface area contributed by atoms with Gasteiger partial charge in [0.1, 0.15) is 0 Å². The topological polar surface area (TPSA) is 17.1 Å². The Balaban J connectivity index is 0. The minimum Gasteiger partial charge on any atom is -0.334 e. The van der Waals surface area contributed by atoms with Crippen LogP contribution in [0.2, 0.25) is 0 Å². The summed E-state index contributed by atoms with van der Waals surface area (Å²) in [5, 5.41) is 0. The van der Waals surface area contributed by atoms with Gasteiger partial charge in [0.25, 0.3) is 0 Å². The zero-order chi connectivity index (χ0) is 6.41. The van der Waals surface area contributed by atoms with Crippen LogP contribution in [0.25, 0.3) is 0 Å². The van der Waals surface area contributed by atoms with Gasteiger partial charge in [-0.25, -0.2) is 0 Å². The molecule has 0 fully saturated rings. The van der Waals surface area contributed by atoms with E-state index >= 15 is 0 Å². The SMILES string of the molecule is CCC[CH-]C(=O)CC.[Y]. The van der Waals surface area contributed by atoms with E-state index in [0.29, 0.717) is 6.42 Å². The Morgan fingerprint density at radius 3 is 2.33 bits per heavy atom. The van der Waals surface area contributed by atoms with Crippen molar-refractivity contribution in [2.45, 2.75) is 33.1 Å². The van der Waals surface area contributed by atoms with E-state index in [2.05, 4.69) is 6.92 Å². The van der Waals surface area contributed by atoms with Gasteiger partial charge in [-0.15, -0.1) is 0 Å². The van der Waals surface area contributed by atoms with Crippen molar-refractivity contribution < 1.29 is 37.5 Å². The predicted octanol–water partition coefficient (Wildman–Crippen LogP) is 1.97. The fourth-order valence-corrected chi connectivity index (χ4v) is 0.450. The Morgan fingerprint density at radius 2 is 2.00 bits per heavy atom. The first-order valence-corrected chi connectivity index (χ1v) is 3.17. The molecule has 0 amide bonds. The standard InChI is InChI=1S/C7H13O.Y/c1-3-5-6-7(8)4-2;/h6H,3-5H2,1-2H3;/q-1;. The van der Waals surface area contributed by atoms with E-state index in [1.165, 1.54) is 0 Å². The third kappa shape index (κ3) is 8.64. The van der Waals surface area contributed by atoms with Gasteiger partial charge in [-0.3, -0.25) is 0 Å². The fraction of sp³-hybridized carbons (Fsp3) is 0.714. The Bertz CT molecular complexity index is 71.3. The average molecular weight is 202 g/mol. The third-order valence-electron chi connectivity index (χ3n) is 1.01. The monoisotopic (exact) mass is 202 g/mol. The van der Waals surface area contributed by atoms with Crippen molar-refractivity contribution in [2.75, 3.05) is 0 Å². The van der Waals surface area contributed by atoms with Crippen LogP contribution >= 0.6 is 0 Å². The Kier molecular flexibility index (Phi) is 11.8. The largest absolute Gasteiger partial charge is 0.334 e. The number of carbonyl (C=O) groups excluding carboxylic acids is 1. The maximum absolute atomic E-state index is 10.5. The Labute approximate surface area is 82.5 Å². The van der Waals surface area contributed by atoms with Crippen molar-refractivity contribution in [1.29, 1.82) is 0 Å². The van der Waals surface area contributed by atoms with E-state index in [1.54, 1.807) is 6.42 Å². The summed E-state index contributed by atoms with van der Waals surface area (Å²) in [7, 11) is 0. The predicted molar refractivity (Wildman–Crippen MR) is 34.5 cm³/mol. The molecule has 9 heavy (non-hydrogen) atoms. The van der Waals surface area contributed by atoms with Crippen LogP contribution in [0.1, 0.15) is 33.1 Å². The number of rotatable bonds is 4. The van der Waals surface area contributed by atoms with Crippen LogP contribution in [0.3, 0.4) is 0 Å². The summed E-state index contributed by atoms with van der Waals surface area (Å²) < 4.78 is 0. The second-order valence-corrected chi connectivity index (χ2v) is 1.81. The molecule has 0 saturated heterocycles. The zero-order valence-corrected chi connectivity index (χ0v) is 9.02. The van der Waals surface area contributed by atoms with Crippen molar-refractivity contribution in [1.82, 2.24) is 0 Å². The summed E-state index contributed by atoms with van der Waals surface area (Å²) in [6.07, 6.45) is 4.43. The van der Waals surface area contributed by atoms with Crippen LogP contribution in [0.5, 0.6) is 0 Å². The summed E-state index contributed by atoms with van der Waals surface area (Å²) in [6.45, 7) is 3.95. The molecule has 0 atom stereocenters. The van der Waals surface area contributed by atoms with Crippen LogP contribution in [0.15, 0.2) is 0 Å². The van der Waals surface area contributed by atoms with Crippen LogP contribution in [-0.4, -0.2) is 5.78 Å². The molecule has 0 saturated carbocycles. The summed E-state index contributed by atoms with van der Waals surface area (Å²) in [5.41, 5.74) is 0. The van der Waals surface area contributed by atoms with Gasteiger partial charge in [0.15, 0.2) is 0 Å². The van der Waals surface area contributed by atoms with Gasteiger partial charge < -0.3 is 11.2 Å². The summed E-state index contributed by atoms with van der Waals surface area (Å²) in [6, 6.07) is 0. The molecule has 0 aromatic heterocycles. The smallest absolute Gasteiger partial charge is 0 e. The first-order valence-electron chi connectivity index (χ1n) is 3.17. The van der Waals surface area contributed by atoms with Gasteiger partial charge in [0.05, 0.1) is 0 Å².